The fourth-order valence-corrected chi connectivity index (χ4v) is 2.02. The van der Waals surface area contributed by atoms with Crippen LogP contribution in [0.25, 0.3) is 6.08 Å². The van der Waals surface area contributed by atoms with Crippen LogP contribution in [0, 0.1) is 6.92 Å². The maximum absolute atomic E-state index is 11.2. The van der Waals surface area contributed by atoms with E-state index in [9.17, 15) is 9.90 Å². The quantitative estimate of drug-likeness (QED) is 0.866. The van der Waals surface area contributed by atoms with Crippen molar-refractivity contribution in [3.05, 3.63) is 35.1 Å². The zero-order valence-electron chi connectivity index (χ0n) is 13.0. The predicted molar refractivity (Wildman–Crippen MR) is 81.0 cm³/mol. The predicted octanol–water partition coefficient (Wildman–Crippen LogP) is 2.73. The van der Waals surface area contributed by atoms with Gasteiger partial charge in [-0.2, -0.15) is 0 Å². The minimum Gasteiger partial charge on any atom is -0.478 e. The molecule has 0 atom stereocenters. The van der Waals surface area contributed by atoms with Crippen LogP contribution in [0.5, 0.6) is 0 Å². The van der Waals surface area contributed by atoms with Crippen LogP contribution < -0.4 is 0 Å². The minimum absolute atomic E-state index is 0.161. The number of aryl methyl sites for hydroxylation is 1. The summed E-state index contributed by atoms with van der Waals surface area (Å²) < 4.78 is 11.7. The summed E-state index contributed by atoms with van der Waals surface area (Å²) in [7, 11) is -0.515. The number of carboxylic acid groups (broad SMARTS) is 1. The van der Waals surface area contributed by atoms with Crippen LogP contribution in [0.15, 0.2) is 18.1 Å². The molecule has 6 heteroatoms. The molecule has 1 aromatic rings. The smallest absolute Gasteiger partial charge is 0.478 e. The van der Waals surface area contributed by atoms with E-state index in [2.05, 4.69) is 4.98 Å². The van der Waals surface area contributed by atoms with E-state index < -0.39 is 24.3 Å². The maximum atomic E-state index is 11.2. The summed E-state index contributed by atoms with van der Waals surface area (Å²) in [5, 5.41) is 9.18. The number of aromatic nitrogens is 1. The molecule has 1 aliphatic rings. The lowest BCUT2D eigenvalue weighted by Gasteiger charge is -2.32. The summed E-state index contributed by atoms with van der Waals surface area (Å²) in [5.74, 6) is 0.695. The van der Waals surface area contributed by atoms with Crippen LogP contribution in [0.1, 0.15) is 49.4 Å². The van der Waals surface area contributed by atoms with Gasteiger partial charge in [0.25, 0.3) is 0 Å². The molecule has 0 spiro atoms. The average molecular weight is 289 g/mol. The molecule has 2 rings (SSSR count). The van der Waals surface area contributed by atoms with Gasteiger partial charge >= 0.3 is 13.1 Å². The van der Waals surface area contributed by atoms with Crippen molar-refractivity contribution in [2.45, 2.75) is 45.8 Å². The number of carboxylic acids is 1. The first kappa shape index (κ1) is 15.7. The van der Waals surface area contributed by atoms with E-state index in [1.54, 1.807) is 24.2 Å². The van der Waals surface area contributed by atoms with Crippen molar-refractivity contribution in [1.82, 2.24) is 4.98 Å². The Balaban J connectivity index is 2.24. The molecule has 0 aromatic carbocycles. The molecule has 0 amide bonds. The summed E-state index contributed by atoms with van der Waals surface area (Å²) in [5.41, 5.74) is 0.481. The fourth-order valence-electron chi connectivity index (χ4n) is 2.02. The monoisotopic (exact) mass is 289 g/mol. The highest BCUT2D eigenvalue weighted by Gasteiger charge is 2.50. The third-order valence-electron chi connectivity index (χ3n) is 3.98. The van der Waals surface area contributed by atoms with Gasteiger partial charge in [-0.1, -0.05) is 5.98 Å². The Bertz CT molecular complexity index is 579. The molecule has 2 heterocycles. The van der Waals surface area contributed by atoms with Gasteiger partial charge in [-0.25, -0.2) is 4.79 Å². The molecule has 0 aliphatic carbocycles. The zero-order valence-corrected chi connectivity index (χ0v) is 13.0. The van der Waals surface area contributed by atoms with Crippen LogP contribution >= 0.6 is 0 Å². The molecule has 1 saturated heterocycles. The molecule has 112 valence electrons. The van der Waals surface area contributed by atoms with Crippen molar-refractivity contribution in [3.63, 3.8) is 0 Å². The Morgan fingerprint density at radius 2 is 1.81 bits per heavy atom. The molecule has 1 N–H and O–H groups in total. The lowest BCUT2D eigenvalue weighted by Crippen LogP contribution is -2.41. The summed E-state index contributed by atoms with van der Waals surface area (Å²) in [4.78, 5) is 15.4. The standard InChI is InChI=1S/C15H20BNO4/c1-10-6-7-11(13(18)19)12(17-10)8-9-16-20-14(2,3)15(4,5)21-16/h6-9H,1-5H3,(H,18,19)/b9-8+. The second-order valence-electron chi connectivity index (χ2n) is 6.17. The molecule has 1 aromatic heterocycles. The van der Waals surface area contributed by atoms with Gasteiger partial charge in [-0.3, -0.25) is 4.98 Å². The highest BCUT2D eigenvalue weighted by Crippen LogP contribution is 2.37. The highest BCUT2D eigenvalue weighted by atomic mass is 16.7. The van der Waals surface area contributed by atoms with E-state index in [4.69, 9.17) is 9.31 Å². The topological polar surface area (TPSA) is 68.7 Å². The number of hydrogen-bond acceptors (Lipinski definition) is 4. The molecule has 0 radical (unpaired) electrons. The molecule has 1 aliphatic heterocycles. The first-order valence-electron chi connectivity index (χ1n) is 6.87. The normalized spacial score (nSPS) is 20.1. The van der Waals surface area contributed by atoms with Crippen LogP contribution in [0.4, 0.5) is 0 Å². The second-order valence-corrected chi connectivity index (χ2v) is 6.17. The number of rotatable bonds is 3. The van der Waals surface area contributed by atoms with E-state index in [1.807, 2.05) is 34.6 Å². The van der Waals surface area contributed by atoms with Crippen molar-refractivity contribution < 1.29 is 19.2 Å². The molecule has 1 fully saturated rings. The van der Waals surface area contributed by atoms with Gasteiger partial charge in [0.1, 0.15) is 0 Å². The zero-order chi connectivity index (χ0) is 15.8. The van der Waals surface area contributed by atoms with E-state index >= 15 is 0 Å². The number of nitrogens with zero attached hydrogens (tertiary/aromatic N) is 1. The van der Waals surface area contributed by atoms with Gasteiger partial charge in [0.15, 0.2) is 0 Å². The van der Waals surface area contributed by atoms with Crippen molar-refractivity contribution in [2.75, 3.05) is 0 Å². The van der Waals surface area contributed by atoms with Crippen LogP contribution in [0.3, 0.4) is 0 Å². The summed E-state index contributed by atoms with van der Waals surface area (Å²) in [6, 6.07) is 3.23. The highest BCUT2D eigenvalue weighted by molar-refractivity contribution is 6.52. The summed E-state index contributed by atoms with van der Waals surface area (Å²) in [6.45, 7) is 9.68. The number of pyridine rings is 1. The van der Waals surface area contributed by atoms with Gasteiger partial charge in [0.05, 0.1) is 22.5 Å². The third kappa shape index (κ3) is 3.17. The van der Waals surface area contributed by atoms with E-state index in [0.717, 1.165) is 5.69 Å². The van der Waals surface area contributed by atoms with Gasteiger partial charge in [-0.15, -0.1) is 0 Å². The molecule has 0 bridgehead atoms. The summed E-state index contributed by atoms with van der Waals surface area (Å²) >= 11 is 0. The van der Waals surface area contributed by atoms with Crippen LogP contribution in [-0.4, -0.2) is 34.4 Å². The fraction of sp³-hybridized carbons (Fsp3) is 0.467. The summed E-state index contributed by atoms with van der Waals surface area (Å²) in [6.07, 6.45) is 1.64. The molecular weight excluding hydrogens is 269 g/mol. The van der Waals surface area contributed by atoms with Gasteiger partial charge in [0, 0.05) is 5.69 Å². The van der Waals surface area contributed by atoms with E-state index in [0.29, 0.717) is 5.69 Å². The Morgan fingerprint density at radius 3 is 2.33 bits per heavy atom. The average Bonchev–Trinajstić information content (AvgIpc) is 2.55. The number of carbonyl (C=O) groups is 1. The minimum atomic E-state index is -1.00. The van der Waals surface area contributed by atoms with Crippen LogP contribution in [-0.2, 0) is 9.31 Å². The van der Waals surface area contributed by atoms with Gasteiger partial charge in [0.2, 0.25) is 0 Å². The molecular formula is C15H20BNO4. The Labute approximate surface area is 125 Å². The lowest BCUT2D eigenvalue weighted by atomic mass is 9.89. The maximum Gasteiger partial charge on any atom is 0.487 e. The second kappa shape index (κ2) is 5.28. The van der Waals surface area contributed by atoms with Gasteiger partial charge < -0.3 is 14.4 Å². The molecule has 5 nitrogen and oxygen atoms in total. The van der Waals surface area contributed by atoms with Crippen LogP contribution in [0.2, 0.25) is 0 Å². The Hall–Kier alpha value is -1.66. The number of hydrogen-bond donors (Lipinski definition) is 1. The first-order chi connectivity index (χ1) is 9.62. The Kier molecular flexibility index (Phi) is 3.95. The molecule has 0 saturated carbocycles. The van der Waals surface area contributed by atoms with Crippen molar-refractivity contribution in [3.8, 4) is 0 Å². The van der Waals surface area contributed by atoms with Crippen molar-refractivity contribution in [1.29, 1.82) is 0 Å². The first-order valence-corrected chi connectivity index (χ1v) is 6.87. The third-order valence-corrected chi connectivity index (χ3v) is 3.98. The van der Waals surface area contributed by atoms with Crippen molar-refractivity contribution in [2.24, 2.45) is 0 Å². The van der Waals surface area contributed by atoms with Crippen molar-refractivity contribution >= 4 is 19.2 Å². The number of aromatic carboxylic acids is 1. The van der Waals surface area contributed by atoms with Gasteiger partial charge in [-0.05, 0) is 52.8 Å². The van der Waals surface area contributed by atoms with E-state index in [1.165, 1.54) is 0 Å². The van der Waals surface area contributed by atoms with E-state index in [-0.39, 0.29) is 5.56 Å². The largest absolute Gasteiger partial charge is 0.487 e. The SMILES string of the molecule is Cc1ccc(C(=O)O)c(/C=C/B2OC(C)(C)C(C)(C)O2)n1. The lowest BCUT2D eigenvalue weighted by molar-refractivity contribution is 0.00578. The Morgan fingerprint density at radius 1 is 1.24 bits per heavy atom. The molecule has 0 unspecified atom stereocenters. The molecule has 21 heavy (non-hydrogen) atoms.